The summed E-state index contributed by atoms with van der Waals surface area (Å²) in [5.74, 6) is 1.36. The fraction of sp³-hybridized carbons (Fsp3) is 0.133. The fourth-order valence-electron chi connectivity index (χ4n) is 2.00. The molecule has 0 aliphatic rings. The van der Waals surface area contributed by atoms with E-state index in [0.717, 1.165) is 5.69 Å². The van der Waals surface area contributed by atoms with E-state index in [1.54, 1.807) is 38.5 Å². The Morgan fingerprint density at radius 1 is 1.05 bits per heavy atom. The molecule has 6 heteroatoms. The Kier molecular flexibility index (Phi) is 3.27. The molecule has 0 saturated carbocycles. The highest BCUT2D eigenvalue weighted by atomic mass is 16.5. The van der Waals surface area contributed by atoms with Gasteiger partial charge in [-0.15, -0.1) is 0 Å². The maximum atomic E-state index is 5.73. The Bertz CT molecular complexity index is 761. The van der Waals surface area contributed by atoms with Gasteiger partial charge >= 0.3 is 0 Å². The quantitative estimate of drug-likeness (QED) is 0.716. The summed E-state index contributed by atoms with van der Waals surface area (Å²) in [6.45, 7) is 0. The van der Waals surface area contributed by atoms with Crippen LogP contribution in [0.1, 0.15) is 0 Å². The third-order valence-electron chi connectivity index (χ3n) is 3.01. The molecule has 0 aliphatic carbocycles. The van der Waals surface area contributed by atoms with E-state index in [0.29, 0.717) is 34.3 Å². The van der Waals surface area contributed by atoms with Crippen LogP contribution in [0.2, 0.25) is 0 Å². The molecule has 3 N–H and O–H groups in total. The van der Waals surface area contributed by atoms with Crippen molar-refractivity contribution in [2.45, 2.75) is 0 Å². The number of aromatic nitrogens is 1. The van der Waals surface area contributed by atoms with Crippen LogP contribution in [0.25, 0.3) is 11.1 Å². The number of nitrogens with zero attached hydrogens (tertiary/aromatic N) is 1. The van der Waals surface area contributed by atoms with Crippen molar-refractivity contribution in [2.75, 3.05) is 25.3 Å². The Morgan fingerprint density at radius 2 is 1.76 bits per heavy atom. The van der Waals surface area contributed by atoms with Gasteiger partial charge in [-0.05, 0) is 18.2 Å². The Hall–Kier alpha value is -2.89. The lowest BCUT2D eigenvalue weighted by molar-refractivity contribution is 0.394. The van der Waals surface area contributed by atoms with Gasteiger partial charge in [0.15, 0.2) is 5.58 Å². The molecule has 0 saturated heterocycles. The van der Waals surface area contributed by atoms with E-state index < -0.39 is 0 Å². The van der Waals surface area contributed by atoms with Crippen LogP contribution in [0.5, 0.6) is 11.5 Å². The first-order chi connectivity index (χ1) is 10.2. The van der Waals surface area contributed by atoms with Crippen LogP contribution in [-0.2, 0) is 0 Å². The molecule has 0 radical (unpaired) electrons. The van der Waals surface area contributed by atoms with Crippen molar-refractivity contribution in [1.29, 1.82) is 0 Å². The molecule has 6 nitrogen and oxygen atoms in total. The number of anilines is 3. The summed E-state index contributed by atoms with van der Waals surface area (Å²) in [6, 6.07) is 11.1. The standard InChI is InChI=1S/C15H15N3O3/c1-19-11-6-10(7-12(8-11)20-2)17-15-18-13-5-9(16)3-4-14(13)21-15/h3-8H,16H2,1-2H3,(H,17,18). The fourth-order valence-corrected chi connectivity index (χ4v) is 2.00. The molecular formula is C15H15N3O3. The molecule has 0 unspecified atom stereocenters. The van der Waals surface area contributed by atoms with Gasteiger partial charge in [0.05, 0.1) is 14.2 Å². The second kappa shape index (κ2) is 5.24. The highest BCUT2D eigenvalue weighted by Crippen LogP contribution is 2.29. The molecule has 0 amide bonds. The van der Waals surface area contributed by atoms with Crippen molar-refractivity contribution in [1.82, 2.24) is 4.98 Å². The molecule has 0 fully saturated rings. The van der Waals surface area contributed by atoms with Gasteiger partial charge < -0.3 is 24.9 Å². The number of benzene rings is 2. The minimum atomic E-state index is 0.380. The average molecular weight is 285 g/mol. The van der Waals surface area contributed by atoms with E-state index >= 15 is 0 Å². The van der Waals surface area contributed by atoms with Gasteiger partial charge in [0.25, 0.3) is 6.01 Å². The summed E-state index contributed by atoms with van der Waals surface area (Å²) in [4.78, 5) is 4.34. The first-order valence-corrected chi connectivity index (χ1v) is 6.34. The molecule has 21 heavy (non-hydrogen) atoms. The lowest BCUT2D eigenvalue weighted by atomic mass is 10.3. The van der Waals surface area contributed by atoms with Gasteiger partial charge in [-0.1, -0.05) is 0 Å². The van der Waals surface area contributed by atoms with Crippen LogP contribution in [0.15, 0.2) is 40.8 Å². The van der Waals surface area contributed by atoms with Crippen molar-refractivity contribution >= 4 is 28.5 Å². The molecule has 0 spiro atoms. The average Bonchev–Trinajstić information content (AvgIpc) is 2.87. The molecule has 0 aliphatic heterocycles. The monoisotopic (exact) mass is 285 g/mol. The van der Waals surface area contributed by atoms with Crippen LogP contribution < -0.4 is 20.5 Å². The highest BCUT2D eigenvalue weighted by Gasteiger charge is 2.08. The lowest BCUT2D eigenvalue weighted by Gasteiger charge is -2.08. The zero-order valence-electron chi connectivity index (χ0n) is 11.7. The predicted octanol–water partition coefficient (Wildman–Crippen LogP) is 3.17. The number of nitrogens with one attached hydrogen (secondary N) is 1. The van der Waals surface area contributed by atoms with Crippen molar-refractivity contribution in [2.24, 2.45) is 0 Å². The van der Waals surface area contributed by atoms with Gasteiger partial charge in [-0.3, -0.25) is 0 Å². The number of fused-ring (bicyclic) bond motifs is 1. The van der Waals surface area contributed by atoms with Gasteiger partial charge in [-0.25, -0.2) is 0 Å². The minimum absolute atomic E-state index is 0.380. The number of nitrogens with two attached hydrogens (primary N) is 1. The summed E-state index contributed by atoms with van der Waals surface area (Å²) in [5, 5.41) is 3.08. The van der Waals surface area contributed by atoms with E-state index in [9.17, 15) is 0 Å². The van der Waals surface area contributed by atoms with Crippen LogP contribution in [0.3, 0.4) is 0 Å². The van der Waals surface area contributed by atoms with Crippen molar-refractivity contribution in [3.05, 3.63) is 36.4 Å². The van der Waals surface area contributed by atoms with Crippen LogP contribution in [0, 0.1) is 0 Å². The van der Waals surface area contributed by atoms with E-state index in [2.05, 4.69) is 10.3 Å². The predicted molar refractivity (Wildman–Crippen MR) is 81.3 cm³/mol. The minimum Gasteiger partial charge on any atom is -0.497 e. The number of ether oxygens (including phenoxy) is 2. The summed E-state index contributed by atoms with van der Waals surface area (Å²) in [5.41, 5.74) is 8.49. The first kappa shape index (κ1) is 13.1. The third kappa shape index (κ3) is 2.69. The Labute approximate surface area is 121 Å². The number of rotatable bonds is 4. The molecule has 1 aromatic heterocycles. The van der Waals surface area contributed by atoms with E-state index in [1.165, 1.54) is 0 Å². The van der Waals surface area contributed by atoms with Crippen molar-refractivity contribution in [3.63, 3.8) is 0 Å². The molecular weight excluding hydrogens is 270 g/mol. The number of oxazole rings is 1. The number of hydrogen-bond acceptors (Lipinski definition) is 6. The number of hydrogen-bond donors (Lipinski definition) is 2. The molecule has 108 valence electrons. The summed E-state index contributed by atoms with van der Waals surface area (Å²) < 4.78 is 16.1. The molecule has 0 bridgehead atoms. The largest absolute Gasteiger partial charge is 0.497 e. The number of nitrogen functional groups attached to an aromatic ring is 1. The smallest absolute Gasteiger partial charge is 0.300 e. The van der Waals surface area contributed by atoms with E-state index in [4.69, 9.17) is 19.6 Å². The SMILES string of the molecule is COc1cc(Nc2nc3cc(N)ccc3o2)cc(OC)c1. The topological polar surface area (TPSA) is 82.5 Å². The molecule has 3 rings (SSSR count). The highest BCUT2D eigenvalue weighted by molar-refractivity contribution is 5.78. The third-order valence-corrected chi connectivity index (χ3v) is 3.01. The Morgan fingerprint density at radius 3 is 2.43 bits per heavy atom. The lowest BCUT2D eigenvalue weighted by Crippen LogP contribution is -1.93. The zero-order chi connectivity index (χ0) is 14.8. The van der Waals surface area contributed by atoms with Crippen LogP contribution in [-0.4, -0.2) is 19.2 Å². The first-order valence-electron chi connectivity index (χ1n) is 6.34. The van der Waals surface area contributed by atoms with Crippen LogP contribution >= 0.6 is 0 Å². The van der Waals surface area contributed by atoms with Gasteiger partial charge in [0.2, 0.25) is 0 Å². The Balaban J connectivity index is 1.94. The number of methoxy groups -OCH3 is 2. The second-order valence-corrected chi connectivity index (χ2v) is 4.47. The van der Waals surface area contributed by atoms with E-state index in [1.807, 2.05) is 12.1 Å². The second-order valence-electron chi connectivity index (χ2n) is 4.47. The maximum absolute atomic E-state index is 5.73. The van der Waals surface area contributed by atoms with Gasteiger partial charge in [-0.2, -0.15) is 4.98 Å². The van der Waals surface area contributed by atoms with Crippen molar-refractivity contribution in [3.8, 4) is 11.5 Å². The molecule has 2 aromatic carbocycles. The van der Waals surface area contributed by atoms with Gasteiger partial charge in [0.1, 0.15) is 17.0 Å². The summed E-state index contributed by atoms with van der Waals surface area (Å²) >= 11 is 0. The molecule has 0 atom stereocenters. The molecule has 1 heterocycles. The van der Waals surface area contributed by atoms with Crippen molar-refractivity contribution < 1.29 is 13.9 Å². The summed E-state index contributed by atoms with van der Waals surface area (Å²) in [6.07, 6.45) is 0. The summed E-state index contributed by atoms with van der Waals surface area (Å²) in [7, 11) is 3.20. The maximum Gasteiger partial charge on any atom is 0.300 e. The van der Waals surface area contributed by atoms with E-state index in [-0.39, 0.29) is 0 Å². The zero-order valence-corrected chi connectivity index (χ0v) is 11.7. The van der Waals surface area contributed by atoms with Gasteiger partial charge in [0, 0.05) is 29.6 Å². The van der Waals surface area contributed by atoms with Crippen LogP contribution in [0.4, 0.5) is 17.4 Å². The molecule has 3 aromatic rings. The normalized spacial score (nSPS) is 10.6.